The largest absolute Gasteiger partial charge is 0.360 e. The Bertz CT molecular complexity index is 1090. The average Bonchev–Trinajstić information content (AvgIpc) is 3.22. The number of H-pyrrole nitrogens is 1. The number of amides is 1. The van der Waals surface area contributed by atoms with Gasteiger partial charge in [-0.15, -0.1) is 0 Å². The standard InChI is InChI=1S/C25H26N2O2/c1-17-8-9-18(2)25-24(17)21(16-26-25)22(28)10-11-23(29)27-14-12-20(13-15-27)19-6-4-3-5-7-19/h3-9,12,16,26H,10-11,13-15H2,1-2H3. The summed E-state index contributed by atoms with van der Waals surface area (Å²) in [5.74, 6) is 0.0743. The van der Waals surface area contributed by atoms with E-state index in [0.717, 1.165) is 28.5 Å². The molecule has 1 aliphatic heterocycles. The zero-order valence-corrected chi connectivity index (χ0v) is 17.0. The van der Waals surface area contributed by atoms with Gasteiger partial charge >= 0.3 is 0 Å². The van der Waals surface area contributed by atoms with Crippen LogP contribution in [-0.4, -0.2) is 34.7 Å². The Balaban J connectivity index is 1.39. The molecule has 2 aromatic carbocycles. The Labute approximate surface area is 171 Å². The number of aromatic amines is 1. The molecule has 4 heteroatoms. The summed E-state index contributed by atoms with van der Waals surface area (Å²) in [6.07, 6.45) is 5.26. The van der Waals surface area contributed by atoms with Gasteiger partial charge in [0.05, 0.1) is 0 Å². The number of rotatable bonds is 5. The number of carbonyl (C=O) groups is 2. The molecule has 0 fully saturated rings. The van der Waals surface area contributed by atoms with Crippen molar-refractivity contribution in [1.29, 1.82) is 0 Å². The van der Waals surface area contributed by atoms with Crippen molar-refractivity contribution in [2.24, 2.45) is 0 Å². The van der Waals surface area contributed by atoms with Gasteiger partial charge in [-0.05, 0) is 42.5 Å². The van der Waals surface area contributed by atoms with Crippen molar-refractivity contribution in [1.82, 2.24) is 9.88 Å². The van der Waals surface area contributed by atoms with Crippen molar-refractivity contribution in [3.8, 4) is 0 Å². The number of ketones is 1. The maximum Gasteiger partial charge on any atom is 0.223 e. The van der Waals surface area contributed by atoms with E-state index in [9.17, 15) is 9.59 Å². The summed E-state index contributed by atoms with van der Waals surface area (Å²) in [4.78, 5) is 30.5. The normalized spacial score (nSPS) is 14.1. The zero-order chi connectivity index (χ0) is 20.4. The van der Waals surface area contributed by atoms with Crippen molar-refractivity contribution in [3.05, 3.63) is 77.0 Å². The van der Waals surface area contributed by atoms with Gasteiger partial charge in [-0.2, -0.15) is 0 Å². The predicted octanol–water partition coefficient (Wildman–Crippen LogP) is 5.06. The fraction of sp³-hybridized carbons (Fsp3) is 0.280. The lowest BCUT2D eigenvalue weighted by atomic mass is 9.98. The molecule has 0 atom stereocenters. The summed E-state index contributed by atoms with van der Waals surface area (Å²) in [5.41, 5.74) is 6.41. The molecule has 2 heterocycles. The van der Waals surface area contributed by atoms with Crippen molar-refractivity contribution in [3.63, 3.8) is 0 Å². The van der Waals surface area contributed by atoms with E-state index in [1.807, 2.05) is 43.0 Å². The van der Waals surface area contributed by atoms with Gasteiger partial charge in [0.1, 0.15) is 0 Å². The smallest absolute Gasteiger partial charge is 0.223 e. The van der Waals surface area contributed by atoms with E-state index in [0.29, 0.717) is 18.7 Å². The number of benzene rings is 2. The highest BCUT2D eigenvalue weighted by molar-refractivity contribution is 6.10. The van der Waals surface area contributed by atoms with E-state index >= 15 is 0 Å². The third-order valence-electron chi connectivity index (χ3n) is 5.82. The molecule has 148 valence electrons. The number of nitrogens with zero attached hydrogens (tertiary/aromatic N) is 1. The van der Waals surface area contributed by atoms with E-state index in [1.165, 1.54) is 11.1 Å². The number of aryl methyl sites for hydroxylation is 2. The number of fused-ring (bicyclic) bond motifs is 1. The molecule has 0 spiro atoms. The molecule has 1 aliphatic rings. The minimum atomic E-state index is 0.0239. The molecule has 0 saturated carbocycles. The zero-order valence-electron chi connectivity index (χ0n) is 17.0. The second kappa shape index (κ2) is 8.08. The number of carbonyl (C=O) groups excluding carboxylic acids is 2. The van der Waals surface area contributed by atoms with Crippen LogP contribution in [0.25, 0.3) is 16.5 Å². The van der Waals surface area contributed by atoms with Crippen LogP contribution in [0.1, 0.15) is 46.3 Å². The summed E-state index contributed by atoms with van der Waals surface area (Å²) < 4.78 is 0. The second-order valence-electron chi connectivity index (χ2n) is 7.76. The van der Waals surface area contributed by atoms with Crippen LogP contribution >= 0.6 is 0 Å². The Morgan fingerprint density at radius 1 is 1.00 bits per heavy atom. The first-order chi connectivity index (χ1) is 14.0. The first-order valence-corrected chi connectivity index (χ1v) is 10.2. The maximum absolute atomic E-state index is 12.8. The van der Waals surface area contributed by atoms with E-state index in [1.54, 1.807) is 6.20 Å². The molecule has 4 nitrogen and oxygen atoms in total. The van der Waals surface area contributed by atoms with Crippen molar-refractivity contribution < 1.29 is 9.59 Å². The van der Waals surface area contributed by atoms with Crippen LogP contribution in [0, 0.1) is 13.8 Å². The molecule has 0 radical (unpaired) electrons. The molecule has 1 aromatic heterocycles. The topological polar surface area (TPSA) is 53.2 Å². The highest BCUT2D eigenvalue weighted by Crippen LogP contribution is 2.27. The first-order valence-electron chi connectivity index (χ1n) is 10.2. The summed E-state index contributed by atoms with van der Waals surface area (Å²) in [7, 11) is 0. The molecular weight excluding hydrogens is 360 g/mol. The van der Waals surface area contributed by atoms with Crippen LogP contribution < -0.4 is 0 Å². The third kappa shape index (κ3) is 3.88. The molecule has 29 heavy (non-hydrogen) atoms. The van der Waals surface area contributed by atoms with E-state index < -0.39 is 0 Å². The summed E-state index contributed by atoms with van der Waals surface area (Å²) in [6.45, 7) is 5.37. The Hall–Kier alpha value is -3.14. The quantitative estimate of drug-likeness (QED) is 0.623. The lowest BCUT2D eigenvalue weighted by Gasteiger charge is -2.26. The lowest BCUT2D eigenvalue weighted by molar-refractivity contribution is -0.130. The maximum atomic E-state index is 12.8. The van der Waals surface area contributed by atoms with Crippen LogP contribution in [0.15, 0.2) is 54.7 Å². The SMILES string of the molecule is Cc1ccc(C)c2c(C(=O)CCC(=O)N3CC=C(c4ccccc4)CC3)c[nH]c12. The fourth-order valence-corrected chi connectivity index (χ4v) is 4.10. The number of aromatic nitrogens is 1. The van der Waals surface area contributed by atoms with E-state index in [2.05, 4.69) is 29.3 Å². The van der Waals surface area contributed by atoms with Gasteiger partial charge < -0.3 is 9.88 Å². The van der Waals surface area contributed by atoms with Gasteiger partial charge in [0, 0.05) is 48.6 Å². The third-order valence-corrected chi connectivity index (χ3v) is 5.82. The van der Waals surface area contributed by atoms with E-state index in [-0.39, 0.29) is 24.5 Å². The van der Waals surface area contributed by atoms with Crippen molar-refractivity contribution in [2.45, 2.75) is 33.1 Å². The fourth-order valence-electron chi connectivity index (χ4n) is 4.10. The van der Waals surface area contributed by atoms with Crippen LogP contribution in [0.5, 0.6) is 0 Å². The van der Waals surface area contributed by atoms with Gasteiger partial charge in [-0.1, -0.05) is 48.5 Å². The second-order valence-corrected chi connectivity index (χ2v) is 7.76. The number of Topliss-reactive ketones (excluding diaryl/α,β-unsaturated/α-hetero) is 1. The Morgan fingerprint density at radius 3 is 2.48 bits per heavy atom. The lowest BCUT2D eigenvalue weighted by Crippen LogP contribution is -2.34. The summed E-state index contributed by atoms with van der Waals surface area (Å²) in [5, 5.41) is 0.982. The molecule has 4 rings (SSSR count). The van der Waals surface area contributed by atoms with Crippen molar-refractivity contribution >= 4 is 28.2 Å². The minimum absolute atomic E-state index is 0.0239. The van der Waals surface area contributed by atoms with Crippen LogP contribution in [0.3, 0.4) is 0 Å². The minimum Gasteiger partial charge on any atom is -0.360 e. The molecule has 0 unspecified atom stereocenters. The molecule has 1 amide bonds. The van der Waals surface area contributed by atoms with Gasteiger partial charge in [0.25, 0.3) is 0 Å². The number of hydrogen-bond donors (Lipinski definition) is 1. The van der Waals surface area contributed by atoms with Gasteiger partial charge in [0.2, 0.25) is 5.91 Å². The predicted molar refractivity (Wildman–Crippen MR) is 117 cm³/mol. The molecule has 0 saturated heterocycles. The van der Waals surface area contributed by atoms with Crippen LogP contribution in [-0.2, 0) is 4.79 Å². The molecule has 1 N–H and O–H groups in total. The van der Waals surface area contributed by atoms with Gasteiger partial charge in [-0.3, -0.25) is 9.59 Å². The summed E-state index contributed by atoms with van der Waals surface area (Å²) in [6, 6.07) is 14.4. The monoisotopic (exact) mass is 386 g/mol. The van der Waals surface area contributed by atoms with Crippen LogP contribution in [0.2, 0.25) is 0 Å². The number of hydrogen-bond acceptors (Lipinski definition) is 2. The molecule has 0 aliphatic carbocycles. The van der Waals surface area contributed by atoms with Crippen molar-refractivity contribution in [2.75, 3.05) is 13.1 Å². The van der Waals surface area contributed by atoms with Crippen LogP contribution in [0.4, 0.5) is 0 Å². The highest BCUT2D eigenvalue weighted by Gasteiger charge is 2.20. The Morgan fingerprint density at radius 2 is 1.76 bits per heavy atom. The van der Waals surface area contributed by atoms with Gasteiger partial charge in [-0.25, -0.2) is 0 Å². The molecule has 0 bridgehead atoms. The number of nitrogens with one attached hydrogen (secondary N) is 1. The molecule has 3 aromatic rings. The van der Waals surface area contributed by atoms with E-state index in [4.69, 9.17) is 0 Å². The average molecular weight is 386 g/mol. The van der Waals surface area contributed by atoms with Gasteiger partial charge in [0.15, 0.2) is 5.78 Å². The Kier molecular flexibility index (Phi) is 5.34. The highest BCUT2D eigenvalue weighted by atomic mass is 16.2. The summed E-state index contributed by atoms with van der Waals surface area (Å²) >= 11 is 0. The molecular formula is C25H26N2O2. The first kappa shape index (κ1) is 19.2.